The van der Waals surface area contributed by atoms with Gasteiger partial charge in [-0.1, -0.05) is 6.07 Å². The molecule has 1 saturated heterocycles. The topological polar surface area (TPSA) is 46.6 Å². The van der Waals surface area contributed by atoms with E-state index in [1.165, 1.54) is 6.26 Å². The maximum atomic E-state index is 11.8. The second kappa shape index (κ2) is 5.48. The second-order valence-electron chi connectivity index (χ2n) is 4.23. The molecule has 4 nitrogen and oxygen atoms in total. The molecule has 1 aliphatic heterocycles. The largest absolute Gasteiger partial charge is 0.381 e. The molecule has 2 heterocycles. The van der Waals surface area contributed by atoms with Crippen molar-refractivity contribution in [3.05, 3.63) is 22.4 Å². The van der Waals surface area contributed by atoms with Crippen LogP contribution >= 0.6 is 11.3 Å². The zero-order valence-electron chi connectivity index (χ0n) is 9.83. The highest BCUT2D eigenvalue weighted by Crippen LogP contribution is 2.22. The molecule has 17 heavy (non-hydrogen) atoms. The Morgan fingerprint density at radius 3 is 2.71 bits per heavy atom. The lowest BCUT2D eigenvalue weighted by Crippen LogP contribution is -2.42. The number of nitrogens with zero attached hydrogens (tertiary/aromatic N) is 1. The molecule has 96 valence electrons. The Morgan fingerprint density at radius 1 is 1.47 bits per heavy atom. The van der Waals surface area contributed by atoms with Gasteiger partial charge in [0, 0.05) is 30.7 Å². The summed E-state index contributed by atoms with van der Waals surface area (Å²) in [5.74, 6) is 0. The molecule has 0 N–H and O–H groups in total. The lowest BCUT2D eigenvalue weighted by atomic mass is 10.1. The molecule has 1 aliphatic rings. The molecule has 0 bridgehead atoms. The molecule has 1 aromatic rings. The Labute approximate surface area is 106 Å². The third-order valence-electron chi connectivity index (χ3n) is 2.92. The van der Waals surface area contributed by atoms with Crippen molar-refractivity contribution in [2.75, 3.05) is 19.5 Å². The monoisotopic (exact) mass is 275 g/mol. The van der Waals surface area contributed by atoms with Crippen molar-refractivity contribution in [2.45, 2.75) is 25.4 Å². The molecule has 1 aromatic heterocycles. The summed E-state index contributed by atoms with van der Waals surface area (Å²) in [5.41, 5.74) is 0. The van der Waals surface area contributed by atoms with Crippen molar-refractivity contribution >= 4 is 21.4 Å². The lowest BCUT2D eigenvalue weighted by molar-refractivity contribution is 0.0573. The number of hydrogen-bond acceptors (Lipinski definition) is 4. The van der Waals surface area contributed by atoms with E-state index in [1.54, 1.807) is 15.6 Å². The number of rotatable bonds is 4. The summed E-state index contributed by atoms with van der Waals surface area (Å²) in [4.78, 5) is 1.09. The van der Waals surface area contributed by atoms with Crippen LogP contribution in [0.2, 0.25) is 0 Å². The molecule has 0 saturated carbocycles. The summed E-state index contributed by atoms with van der Waals surface area (Å²) in [5, 5.41) is 1.97. The van der Waals surface area contributed by atoms with E-state index in [4.69, 9.17) is 4.74 Å². The third-order valence-corrected chi connectivity index (χ3v) is 5.06. The van der Waals surface area contributed by atoms with Gasteiger partial charge in [-0.3, -0.25) is 0 Å². The highest BCUT2D eigenvalue weighted by Gasteiger charge is 2.28. The zero-order valence-corrected chi connectivity index (χ0v) is 11.5. The Hall–Kier alpha value is -0.430. The van der Waals surface area contributed by atoms with Crippen LogP contribution in [0.4, 0.5) is 0 Å². The molecular formula is C11H17NO3S2. The van der Waals surface area contributed by atoms with Gasteiger partial charge in [0.25, 0.3) is 0 Å². The minimum Gasteiger partial charge on any atom is -0.381 e. The molecule has 0 atom stereocenters. The van der Waals surface area contributed by atoms with Gasteiger partial charge in [-0.15, -0.1) is 11.3 Å². The summed E-state index contributed by atoms with van der Waals surface area (Å²) in [7, 11) is -3.16. The average molecular weight is 275 g/mol. The van der Waals surface area contributed by atoms with E-state index in [9.17, 15) is 8.42 Å². The van der Waals surface area contributed by atoms with Gasteiger partial charge in [0.05, 0.1) is 6.26 Å². The first-order chi connectivity index (χ1) is 8.07. The fourth-order valence-electron chi connectivity index (χ4n) is 2.05. The molecule has 0 unspecified atom stereocenters. The molecule has 1 fully saturated rings. The van der Waals surface area contributed by atoms with E-state index in [-0.39, 0.29) is 6.04 Å². The van der Waals surface area contributed by atoms with Crippen molar-refractivity contribution in [2.24, 2.45) is 0 Å². The highest BCUT2D eigenvalue weighted by molar-refractivity contribution is 7.88. The Kier molecular flexibility index (Phi) is 4.19. The van der Waals surface area contributed by atoms with Crippen molar-refractivity contribution in [1.82, 2.24) is 4.31 Å². The van der Waals surface area contributed by atoms with Gasteiger partial charge in [-0.2, -0.15) is 4.31 Å². The van der Waals surface area contributed by atoms with Crippen molar-refractivity contribution < 1.29 is 13.2 Å². The quantitative estimate of drug-likeness (QED) is 0.840. The van der Waals surface area contributed by atoms with Crippen LogP contribution in [-0.2, 0) is 21.3 Å². The molecule has 2 rings (SSSR count). The van der Waals surface area contributed by atoms with Gasteiger partial charge < -0.3 is 4.74 Å². The fraction of sp³-hybridized carbons (Fsp3) is 0.636. The predicted octanol–water partition coefficient (Wildman–Crippen LogP) is 1.69. The molecule has 0 radical (unpaired) electrons. The van der Waals surface area contributed by atoms with Crippen LogP contribution in [0.15, 0.2) is 17.5 Å². The predicted molar refractivity (Wildman–Crippen MR) is 68.5 cm³/mol. The van der Waals surface area contributed by atoms with Crippen molar-refractivity contribution in [1.29, 1.82) is 0 Å². The second-order valence-corrected chi connectivity index (χ2v) is 7.20. The fourth-order valence-corrected chi connectivity index (χ4v) is 3.96. The number of ether oxygens (including phenoxy) is 1. The zero-order chi connectivity index (χ0) is 12.3. The molecular weight excluding hydrogens is 258 g/mol. The van der Waals surface area contributed by atoms with E-state index in [0.29, 0.717) is 19.8 Å². The molecule has 0 aromatic carbocycles. The number of hydrogen-bond donors (Lipinski definition) is 0. The normalized spacial score (nSPS) is 18.7. The van der Waals surface area contributed by atoms with Crippen LogP contribution in [0, 0.1) is 0 Å². The van der Waals surface area contributed by atoms with Gasteiger partial charge >= 0.3 is 0 Å². The standard InChI is InChI=1S/C11H17NO3S2/c1-17(13,14)12(9-11-3-2-8-16-11)10-4-6-15-7-5-10/h2-3,8,10H,4-7,9H2,1H3. The minimum atomic E-state index is -3.16. The Balaban J connectivity index is 2.13. The van der Waals surface area contributed by atoms with Gasteiger partial charge in [0.15, 0.2) is 0 Å². The van der Waals surface area contributed by atoms with Crippen LogP contribution < -0.4 is 0 Å². The summed E-state index contributed by atoms with van der Waals surface area (Å²) >= 11 is 1.59. The number of thiophene rings is 1. The smallest absolute Gasteiger partial charge is 0.211 e. The summed E-state index contributed by atoms with van der Waals surface area (Å²) in [6.45, 7) is 1.80. The van der Waals surface area contributed by atoms with Gasteiger partial charge in [-0.25, -0.2) is 8.42 Å². The van der Waals surface area contributed by atoms with E-state index >= 15 is 0 Å². The lowest BCUT2D eigenvalue weighted by Gasteiger charge is -2.32. The van der Waals surface area contributed by atoms with E-state index in [1.807, 2.05) is 17.5 Å². The third kappa shape index (κ3) is 3.51. The van der Waals surface area contributed by atoms with E-state index in [2.05, 4.69) is 0 Å². The minimum absolute atomic E-state index is 0.0841. The van der Waals surface area contributed by atoms with E-state index in [0.717, 1.165) is 17.7 Å². The van der Waals surface area contributed by atoms with Gasteiger partial charge in [0.2, 0.25) is 10.0 Å². The average Bonchev–Trinajstić information content (AvgIpc) is 2.78. The summed E-state index contributed by atoms with van der Waals surface area (Å²) in [6.07, 6.45) is 2.87. The van der Waals surface area contributed by atoms with Gasteiger partial charge in [0.1, 0.15) is 0 Å². The first-order valence-corrected chi connectivity index (χ1v) is 8.37. The van der Waals surface area contributed by atoms with Crippen LogP contribution in [0.3, 0.4) is 0 Å². The van der Waals surface area contributed by atoms with Crippen LogP contribution in [0.1, 0.15) is 17.7 Å². The summed E-state index contributed by atoms with van der Waals surface area (Å²) < 4.78 is 30.6. The Bertz CT molecular complexity index is 435. The van der Waals surface area contributed by atoms with Crippen molar-refractivity contribution in [3.63, 3.8) is 0 Å². The maximum Gasteiger partial charge on any atom is 0.211 e. The SMILES string of the molecule is CS(=O)(=O)N(Cc1cccs1)C1CCOCC1. The Morgan fingerprint density at radius 2 is 2.18 bits per heavy atom. The summed E-state index contributed by atoms with van der Waals surface area (Å²) in [6, 6.07) is 4.01. The van der Waals surface area contributed by atoms with Crippen molar-refractivity contribution in [3.8, 4) is 0 Å². The first-order valence-electron chi connectivity index (χ1n) is 5.64. The van der Waals surface area contributed by atoms with E-state index < -0.39 is 10.0 Å². The number of sulfonamides is 1. The molecule has 0 spiro atoms. The van der Waals surface area contributed by atoms with Crippen LogP contribution in [0.5, 0.6) is 0 Å². The van der Waals surface area contributed by atoms with Gasteiger partial charge in [-0.05, 0) is 24.3 Å². The molecule has 0 amide bonds. The van der Waals surface area contributed by atoms with Crippen LogP contribution in [-0.4, -0.2) is 38.2 Å². The highest BCUT2D eigenvalue weighted by atomic mass is 32.2. The first kappa shape index (κ1) is 13.0. The molecule has 6 heteroatoms. The van der Waals surface area contributed by atoms with Crippen LogP contribution in [0.25, 0.3) is 0 Å². The molecule has 0 aliphatic carbocycles. The maximum absolute atomic E-state index is 11.8.